The molecule has 1 aromatic rings. The standard InChI is InChI=1S/C12H21N3O/c1-9(2)6-11-7-13-4-5-15(11)12-10(3)16-8-14-12/h8-9,11,13H,4-7H2,1-3H3/t11-/m1/s1. The van der Waals surface area contributed by atoms with Gasteiger partial charge in [-0.05, 0) is 19.3 Å². The van der Waals surface area contributed by atoms with Gasteiger partial charge in [-0.25, -0.2) is 0 Å². The molecule has 2 rings (SSSR count). The van der Waals surface area contributed by atoms with Crippen molar-refractivity contribution in [1.82, 2.24) is 10.3 Å². The Hall–Kier alpha value is -1.03. The van der Waals surface area contributed by atoms with Crippen LogP contribution in [0.15, 0.2) is 10.8 Å². The molecule has 1 aliphatic heterocycles. The molecule has 4 nitrogen and oxygen atoms in total. The normalized spacial score (nSPS) is 21.8. The Kier molecular flexibility index (Phi) is 3.49. The minimum Gasteiger partial charge on any atom is -0.446 e. The summed E-state index contributed by atoms with van der Waals surface area (Å²) < 4.78 is 5.30. The molecule has 0 saturated carbocycles. The van der Waals surface area contributed by atoms with Crippen molar-refractivity contribution < 1.29 is 4.42 Å². The molecule has 2 heterocycles. The second-order valence-electron chi connectivity index (χ2n) is 4.91. The van der Waals surface area contributed by atoms with Gasteiger partial charge in [0.25, 0.3) is 0 Å². The van der Waals surface area contributed by atoms with Gasteiger partial charge in [-0.2, -0.15) is 4.98 Å². The second-order valence-corrected chi connectivity index (χ2v) is 4.91. The number of oxazole rings is 1. The Morgan fingerprint density at radius 2 is 2.44 bits per heavy atom. The Labute approximate surface area is 97.0 Å². The minimum absolute atomic E-state index is 0.539. The Morgan fingerprint density at radius 1 is 1.62 bits per heavy atom. The van der Waals surface area contributed by atoms with Crippen LogP contribution in [0.1, 0.15) is 26.0 Å². The molecule has 0 radical (unpaired) electrons. The fraction of sp³-hybridized carbons (Fsp3) is 0.750. The maximum Gasteiger partial charge on any atom is 0.183 e. The summed E-state index contributed by atoms with van der Waals surface area (Å²) in [4.78, 5) is 6.71. The van der Waals surface area contributed by atoms with Crippen LogP contribution in [0, 0.1) is 12.8 Å². The van der Waals surface area contributed by atoms with Gasteiger partial charge in [-0.3, -0.25) is 0 Å². The van der Waals surface area contributed by atoms with E-state index in [1.807, 2.05) is 6.92 Å². The van der Waals surface area contributed by atoms with Crippen molar-refractivity contribution in [3.05, 3.63) is 12.2 Å². The molecule has 0 aliphatic carbocycles. The molecule has 90 valence electrons. The highest BCUT2D eigenvalue weighted by molar-refractivity contribution is 5.43. The van der Waals surface area contributed by atoms with Crippen molar-refractivity contribution in [2.24, 2.45) is 5.92 Å². The number of aromatic nitrogens is 1. The predicted octanol–water partition coefficient (Wildman–Crippen LogP) is 1.81. The van der Waals surface area contributed by atoms with Crippen molar-refractivity contribution in [3.8, 4) is 0 Å². The first-order chi connectivity index (χ1) is 7.68. The summed E-state index contributed by atoms with van der Waals surface area (Å²) in [6.45, 7) is 9.61. The zero-order valence-corrected chi connectivity index (χ0v) is 10.4. The molecular weight excluding hydrogens is 202 g/mol. The van der Waals surface area contributed by atoms with Crippen LogP contribution >= 0.6 is 0 Å². The molecule has 1 aliphatic rings. The van der Waals surface area contributed by atoms with E-state index in [2.05, 4.69) is 29.0 Å². The van der Waals surface area contributed by atoms with E-state index in [0.717, 1.165) is 31.2 Å². The van der Waals surface area contributed by atoms with E-state index in [9.17, 15) is 0 Å². The van der Waals surface area contributed by atoms with E-state index in [0.29, 0.717) is 12.0 Å². The average molecular weight is 223 g/mol. The number of aryl methyl sites for hydroxylation is 1. The SMILES string of the molecule is Cc1ocnc1N1CCNC[C@H]1CC(C)C. The Bertz CT molecular complexity index is 335. The molecule has 0 aromatic carbocycles. The summed E-state index contributed by atoms with van der Waals surface area (Å²) in [6.07, 6.45) is 2.73. The van der Waals surface area contributed by atoms with E-state index in [1.54, 1.807) is 6.39 Å². The third-order valence-corrected chi connectivity index (χ3v) is 3.09. The van der Waals surface area contributed by atoms with Crippen molar-refractivity contribution >= 4 is 5.82 Å². The van der Waals surface area contributed by atoms with Crippen LogP contribution in [0.4, 0.5) is 5.82 Å². The minimum atomic E-state index is 0.539. The van der Waals surface area contributed by atoms with Gasteiger partial charge in [0, 0.05) is 25.7 Å². The smallest absolute Gasteiger partial charge is 0.183 e. The zero-order valence-electron chi connectivity index (χ0n) is 10.4. The maximum atomic E-state index is 5.30. The van der Waals surface area contributed by atoms with Gasteiger partial charge in [-0.15, -0.1) is 0 Å². The monoisotopic (exact) mass is 223 g/mol. The van der Waals surface area contributed by atoms with Crippen LogP contribution in [0.5, 0.6) is 0 Å². The first-order valence-electron chi connectivity index (χ1n) is 6.06. The maximum absolute atomic E-state index is 5.30. The van der Waals surface area contributed by atoms with Crippen molar-refractivity contribution in [1.29, 1.82) is 0 Å². The first-order valence-corrected chi connectivity index (χ1v) is 6.06. The predicted molar refractivity (Wildman–Crippen MR) is 64.7 cm³/mol. The van der Waals surface area contributed by atoms with E-state index >= 15 is 0 Å². The van der Waals surface area contributed by atoms with Gasteiger partial charge < -0.3 is 14.6 Å². The summed E-state index contributed by atoms with van der Waals surface area (Å²) >= 11 is 0. The van der Waals surface area contributed by atoms with Gasteiger partial charge in [0.05, 0.1) is 0 Å². The third kappa shape index (κ3) is 2.38. The van der Waals surface area contributed by atoms with Crippen LogP contribution in [-0.2, 0) is 0 Å². The van der Waals surface area contributed by atoms with Crippen molar-refractivity contribution in [2.75, 3.05) is 24.5 Å². The zero-order chi connectivity index (χ0) is 11.5. The molecule has 1 atom stereocenters. The Morgan fingerprint density at radius 3 is 3.06 bits per heavy atom. The van der Waals surface area contributed by atoms with E-state index < -0.39 is 0 Å². The van der Waals surface area contributed by atoms with Crippen LogP contribution in [0.25, 0.3) is 0 Å². The van der Waals surface area contributed by atoms with E-state index in [-0.39, 0.29) is 0 Å². The van der Waals surface area contributed by atoms with Gasteiger partial charge in [-0.1, -0.05) is 13.8 Å². The first kappa shape index (κ1) is 11.5. The number of anilines is 1. The summed E-state index contributed by atoms with van der Waals surface area (Å²) in [5.41, 5.74) is 0. The number of rotatable bonds is 3. The summed E-state index contributed by atoms with van der Waals surface area (Å²) in [5.74, 6) is 2.66. The number of hydrogen-bond acceptors (Lipinski definition) is 4. The molecule has 1 saturated heterocycles. The van der Waals surface area contributed by atoms with Gasteiger partial charge in [0.15, 0.2) is 12.2 Å². The third-order valence-electron chi connectivity index (χ3n) is 3.09. The fourth-order valence-corrected chi connectivity index (χ4v) is 2.37. The summed E-state index contributed by atoms with van der Waals surface area (Å²) in [6, 6.07) is 0.539. The van der Waals surface area contributed by atoms with Gasteiger partial charge in [0.2, 0.25) is 0 Å². The number of nitrogens with one attached hydrogen (secondary N) is 1. The van der Waals surface area contributed by atoms with Crippen LogP contribution in [0.2, 0.25) is 0 Å². The van der Waals surface area contributed by atoms with Gasteiger partial charge >= 0.3 is 0 Å². The van der Waals surface area contributed by atoms with Crippen LogP contribution in [-0.4, -0.2) is 30.7 Å². The highest BCUT2D eigenvalue weighted by atomic mass is 16.3. The molecule has 0 spiro atoms. The van der Waals surface area contributed by atoms with Crippen molar-refractivity contribution in [2.45, 2.75) is 33.2 Å². The van der Waals surface area contributed by atoms with Crippen LogP contribution in [0.3, 0.4) is 0 Å². The van der Waals surface area contributed by atoms with E-state index in [4.69, 9.17) is 4.42 Å². The molecule has 16 heavy (non-hydrogen) atoms. The van der Waals surface area contributed by atoms with Gasteiger partial charge in [0.1, 0.15) is 5.76 Å². The lowest BCUT2D eigenvalue weighted by Crippen LogP contribution is -2.52. The number of hydrogen-bond donors (Lipinski definition) is 1. The topological polar surface area (TPSA) is 41.3 Å². The fourth-order valence-electron chi connectivity index (χ4n) is 2.37. The average Bonchev–Trinajstić information content (AvgIpc) is 2.64. The Balaban J connectivity index is 2.13. The van der Waals surface area contributed by atoms with E-state index in [1.165, 1.54) is 6.42 Å². The quantitative estimate of drug-likeness (QED) is 0.848. The molecular formula is C12H21N3O. The lowest BCUT2D eigenvalue weighted by atomic mass is 10.0. The summed E-state index contributed by atoms with van der Waals surface area (Å²) in [7, 11) is 0. The molecule has 0 amide bonds. The van der Waals surface area contributed by atoms with Crippen LogP contribution < -0.4 is 10.2 Å². The number of nitrogens with zero attached hydrogens (tertiary/aromatic N) is 2. The lowest BCUT2D eigenvalue weighted by molar-refractivity contribution is 0.403. The molecule has 4 heteroatoms. The summed E-state index contributed by atoms with van der Waals surface area (Å²) in [5, 5.41) is 3.45. The molecule has 1 N–H and O–H groups in total. The molecule has 1 fully saturated rings. The second kappa shape index (κ2) is 4.87. The molecule has 0 unspecified atom stereocenters. The molecule has 1 aromatic heterocycles. The van der Waals surface area contributed by atoms with Crippen molar-refractivity contribution in [3.63, 3.8) is 0 Å². The highest BCUT2D eigenvalue weighted by Crippen LogP contribution is 2.23. The largest absolute Gasteiger partial charge is 0.446 e. The molecule has 0 bridgehead atoms. The number of piperazine rings is 1. The highest BCUT2D eigenvalue weighted by Gasteiger charge is 2.26. The lowest BCUT2D eigenvalue weighted by Gasteiger charge is -2.37.